The first-order valence-electron chi connectivity index (χ1n) is 9.44. The molecule has 1 fully saturated rings. The van der Waals surface area contributed by atoms with Crippen LogP contribution in [0.15, 0.2) is 29.1 Å². The Labute approximate surface area is 190 Å². The van der Waals surface area contributed by atoms with Gasteiger partial charge in [0, 0.05) is 16.2 Å². The summed E-state index contributed by atoms with van der Waals surface area (Å²) >= 11 is 8.48. The summed E-state index contributed by atoms with van der Waals surface area (Å²) in [7, 11) is -1.95. The Morgan fingerprint density at radius 3 is 2.59 bits per heavy atom. The number of halogens is 2. The number of aromatic nitrogens is 1. The normalized spacial score (nSPS) is 18.7. The van der Waals surface area contributed by atoms with Crippen molar-refractivity contribution in [3.05, 3.63) is 48.8 Å². The minimum absolute atomic E-state index is 0.184. The molecule has 0 radical (unpaired) electrons. The molecule has 0 spiro atoms. The van der Waals surface area contributed by atoms with Gasteiger partial charge in [0.15, 0.2) is 0 Å². The van der Waals surface area contributed by atoms with E-state index in [1.807, 2.05) is 6.07 Å². The number of benzene rings is 1. The fraction of sp³-hybridized carbons (Fsp3) is 0.450. The number of aryl methyl sites for hydroxylation is 1. The first-order valence-corrected chi connectivity index (χ1v) is 12.4. The summed E-state index contributed by atoms with van der Waals surface area (Å²) in [5, 5.41) is 3.22. The van der Waals surface area contributed by atoms with Crippen LogP contribution in [0.3, 0.4) is 0 Å². The minimum atomic E-state index is -3.55. The largest absolute Gasteiger partial charge is 0.339 e. The van der Waals surface area contributed by atoms with Crippen molar-refractivity contribution in [2.75, 3.05) is 10.0 Å². The molecule has 29 heavy (non-hydrogen) atoms. The van der Waals surface area contributed by atoms with E-state index in [1.165, 1.54) is 4.57 Å². The van der Waals surface area contributed by atoms with Crippen LogP contribution in [0, 0.1) is 22.3 Å². The Bertz CT molecular complexity index is 1100. The van der Waals surface area contributed by atoms with Gasteiger partial charge in [-0.1, -0.05) is 25.4 Å². The molecule has 1 heterocycles. The van der Waals surface area contributed by atoms with Gasteiger partial charge in [0.1, 0.15) is 5.82 Å². The molecule has 6 nitrogen and oxygen atoms in total. The highest BCUT2D eigenvalue weighted by molar-refractivity contribution is 14.1. The molecule has 1 aromatic carbocycles. The van der Waals surface area contributed by atoms with Crippen LogP contribution in [0.5, 0.6) is 0 Å². The molecule has 1 saturated carbocycles. The summed E-state index contributed by atoms with van der Waals surface area (Å²) in [5.41, 5.74) is 1.19. The van der Waals surface area contributed by atoms with Crippen LogP contribution < -0.4 is 15.6 Å². The number of hydrogen-bond donors (Lipinski definition) is 2. The van der Waals surface area contributed by atoms with Crippen LogP contribution in [0.2, 0.25) is 5.02 Å². The average Bonchev–Trinajstić information content (AvgIpc) is 3.37. The molecule has 9 heteroatoms. The Hall–Kier alpha value is -1.26. The smallest absolute Gasteiger partial charge is 0.254 e. The second-order valence-electron chi connectivity index (χ2n) is 8.01. The van der Waals surface area contributed by atoms with Gasteiger partial charge in [-0.05, 0) is 78.5 Å². The number of nitrogens with zero attached hydrogens (tertiary/aromatic N) is 1. The maximum Gasteiger partial charge on any atom is 0.254 e. The van der Waals surface area contributed by atoms with Gasteiger partial charge in [-0.15, -0.1) is 0 Å². The van der Waals surface area contributed by atoms with Crippen LogP contribution in [-0.2, 0) is 17.1 Å². The zero-order chi connectivity index (χ0) is 21.5. The van der Waals surface area contributed by atoms with Crippen molar-refractivity contribution in [2.24, 2.45) is 18.9 Å². The van der Waals surface area contributed by atoms with Crippen molar-refractivity contribution < 1.29 is 8.42 Å². The maximum atomic E-state index is 12.9. The van der Waals surface area contributed by atoms with Gasteiger partial charge >= 0.3 is 0 Å². The molecule has 2 unspecified atom stereocenters. The van der Waals surface area contributed by atoms with Gasteiger partial charge in [-0.2, -0.15) is 0 Å². The summed E-state index contributed by atoms with van der Waals surface area (Å²) in [6, 6.07) is 7.04. The van der Waals surface area contributed by atoms with E-state index < -0.39 is 15.3 Å². The molecule has 0 bridgehead atoms. The Kier molecular flexibility index (Phi) is 6.55. The Morgan fingerprint density at radius 2 is 1.97 bits per heavy atom. The quantitative estimate of drug-likeness (QED) is 0.483. The number of sulfonamides is 1. The third kappa shape index (κ3) is 5.08. The minimum Gasteiger partial charge on any atom is -0.339 e. The molecule has 2 atom stereocenters. The van der Waals surface area contributed by atoms with Gasteiger partial charge in [-0.25, -0.2) is 8.42 Å². The highest BCUT2D eigenvalue weighted by atomic mass is 127. The van der Waals surface area contributed by atoms with E-state index in [9.17, 15) is 13.2 Å². The number of rotatable bonds is 7. The van der Waals surface area contributed by atoms with E-state index in [0.717, 1.165) is 9.99 Å². The van der Waals surface area contributed by atoms with Crippen LogP contribution in [-0.4, -0.2) is 18.2 Å². The summed E-state index contributed by atoms with van der Waals surface area (Å²) < 4.78 is 30.9. The molecule has 2 N–H and O–H groups in total. The molecule has 1 aliphatic rings. The van der Waals surface area contributed by atoms with Gasteiger partial charge < -0.3 is 5.32 Å². The van der Waals surface area contributed by atoms with Crippen LogP contribution in [0.4, 0.5) is 17.2 Å². The van der Waals surface area contributed by atoms with Crippen LogP contribution in [0.25, 0.3) is 0 Å². The Balaban J connectivity index is 1.95. The van der Waals surface area contributed by atoms with Gasteiger partial charge in [-0.3, -0.25) is 14.1 Å². The first-order chi connectivity index (χ1) is 13.5. The molecule has 1 aromatic heterocycles. The van der Waals surface area contributed by atoms with E-state index in [4.69, 9.17) is 11.6 Å². The number of pyridine rings is 1. The van der Waals surface area contributed by atoms with Crippen LogP contribution in [0.1, 0.15) is 32.3 Å². The second-order valence-corrected chi connectivity index (χ2v) is 11.6. The van der Waals surface area contributed by atoms with Crippen molar-refractivity contribution in [2.45, 2.75) is 38.9 Å². The Morgan fingerprint density at radius 1 is 1.28 bits per heavy atom. The first kappa shape index (κ1) is 22.4. The lowest BCUT2D eigenvalue weighted by molar-refractivity contribution is 0.536. The average molecular weight is 550 g/mol. The molecule has 0 saturated heterocycles. The SMILES string of the molecule is Cc1cc(NS(=O)(=O)C2CC2CC(C)C)c(Nc2ccc(I)cc2Cl)n(C)c1=O. The molecule has 158 valence electrons. The fourth-order valence-electron chi connectivity index (χ4n) is 3.52. The molecule has 2 aromatic rings. The fourth-order valence-corrected chi connectivity index (χ4v) is 6.16. The second kappa shape index (κ2) is 8.47. The molecular formula is C20H25ClIN3O3S. The van der Waals surface area contributed by atoms with Gasteiger partial charge in [0.05, 0.1) is 21.6 Å². The van der Waals surface area contributed by atoms with Crippen molar-refractivity contribution in [3.8, 4) is 0 Å². The lowest BCUT2D eigenvalue weighted by atomic mass is 10.1. The molecule has 3 rings (SSSR count). The van der Waals surface area contributed by atoms with E-state index in [0.29, 0.717) is 40.1 Å². The lowest BCUT2D eigenvalue weighted by Crippen LogP contribution is -2.26. The molecule has 1 aliphatic carbocycles. The summed E-state index contributed by atoms with van der Waals surface area (Å²) in [5.74, 6) is 0.997. The summed E-state index contributed by atoms with van der Waals surface area (Å²) in [4.78, 5) is 12.5. The van der Waals surface area contributed by atoms with E-state index >= 15 is 0 Å². The maximum absolute atomic E-state index is 12.9. The monoisotopic (exact) mass is 549 g/mol. The predicted octanol–water partition coefficient (Wildman–Crippen LogP) is 4.87. The summed E-state index contributed by atoms with van der Waals surface area (Å²) in [6.07, 6.45) is 1.56. The molecular weight excluding hydrogens is 525 g/mol. The summed E-state index contributed by atoms with van der Waals surface area (Å²) in [6.45, 7) is 5.86. The van der Waals surface area contributed by atoms with Crippen molar-refractivity contribution in [3.63, 3.8) is 0 Å². The number of hydrogen-bond acceptors (Lipinski definition) is 4. The number of anilines is 3. The van der Waals surface area contributed by atoms with E-state index in [-0.39, 0.29) is 11.5 Å². The highest BCUT2D eigenvalue weighted by Crippen LogP contribution is 2.43. The predicted molar refractivity (Wildman–Crippen MR) is 128 cm³/mol. The van der Waals surface area contributed by atoms with Gasteiger partial charge in [0.25, 0.3) is 5.56 Å². The van der Waals surface area contributed by atoms with Crippen molar-refractivity contribution in [1.82, 2.24) is 4.57 Å². The van der Waals surface area contributed by atoms with Crippen LogP contribution >= 0.6 is 34.2 Å². The van der Waals surface area contributed by atoms with Crippen molar-refractivity contribution >= 4 is 61.4 Å². The zero-order valence-corrected chi connectivity index (χ0v) is 20.5. The lowest BCUT2D eigenvalue weighted by Gasteiger charge is -2.19. The highest BCUT2D eigenvalue weighted by Gasteiger charge is 2.47. The molecule has 0 aliphatic heterocycles. The third-order valence-electron chi connectivity index (χ3n) is 5.06. The zero-order valence-electron chi connectivity index (χ0n) is 16.8. The molecule has 0 amide bonds. The number of nitrogens with one attached hydrogen (secondary N) is 2. The topological polar surface area (TPSA) is 80.2 Å². The van der Waals surface area contributed by atoms with Gasteiger partial charge in [0.2, 0.25) is 10.0 Å². The third-order valence-corrected chi connectivity index (χ3v) is 7.92. The van der Waals surface area contributed by atoms with E-state index in [1.54, 1.807) is 32.2 Å². The standard InChI is InChI=1S/C20H25ClIN3O3S/c1-11(2)7-13-9-18(13)29(27,28)24-17-8-12(3)20(26)25(4)19(17)23-16-6-5-14(22)10-15(16)21/h5-6,8,10-11,13,18,23-24H,7,9H2,1-4H3. The van der Waals surface area contributed by atoms with E-state index in [2.05, 4.69) is 46.5 Å². The van der Waals surface area contributed by atoms with Crippen molar-refractivity contribution in [1.29, 1.82) is 0 Å².